The maximum atomic E-state index is 10.8. The van der Waals surface area contributed by atoms with Crippen LogP contribution in [0.2, 0.25) is 0 Å². The molecule has 56 valence electrons. The molecule has 2 atom stereocenters. The van der Waals surface area contributed by atoms with Crippen LogP contribution in [0.3, 0.4) is 0 Å². The molecule has 0 amide bonds. The van der Waals surface area contributed by atoms with Gasteiger partial charge in [-0.2, -0.15) is 0 Å². The van der Waals surface area contributed by atoms with Gasteiger partial charge in [0.15, 0.2) is 0 Å². The fourth-order valence-corrected chi connectivity index (χ4v) is 1.28. The fourth-order valence-electron chi connectivity index (χ4n) is 1.28. The average molecular weight is 139 g/mol. The number of hydrogen-bond acceptors (Lipinski definition) is 2. The fraction of sp³-hybridized carbons (Fsp3) is 0.625. The summed E-state index contributed by atoms with van der Waals surface area (Å²) < 4.78 is 0. The Hall–Kier alpha value is -0.630. The zero-order valence-electron chi connectivity index (χ0n) is 6.26. The summed E-state index contributed by atoms with van der Waals surface area (Å²) in [4.78, 5) is 10.8. The van der Waals surface area contributed by atoms with Crippen molar-refractivity contribution in [2.45, 2.75) is 31.8 Å². The van der Waals surface area contributed by atoms with Gasteiger partial charge >= 0.3 is 0 Å². The second-order valence-electron chi connectivity index (χ2n) is 2.75. The molecular weight excluding hydrogens is 126 g/mol. The summed E-state index contributed by atoms with van der Waals surface area (Å²) in [6, 6.07) is 0.442. The molecule has 0 bridgehead atoms. The van der Waals surface area contributed by atoms with Gasteiger partial charge < -0.3 is 5.32 Å². The maximum Gasteiger partial charge on any atom is 0.146 e. The first kappa shape index (κ1) is 7.48. The van der Waals surface area contributed by atoms with Gasteiger partial charge in [0, 0.05) is 6.04 Å². The monoisotopic (exact) mass is 139 g/mol. The Balaban J connectivity index is 2.42. The van der Waals surface area contributed by atoms with Crippen LogP contribution in [0.25, 0.3) is 0 Å². The zero-order chi connectivity index (χ0) is 7.56. The predicted octanol–water partition coefficient (Wildman–Crippen LogP) is 0.882. The van der Waals surface area contributed by atoms with E-state index in [2.05, 4.69) is 11.9 Å². The molecule has 0 aromatic rings. The molecule has 0 saturated carbocycles. The standard InChI is InChI=1S/C8H13NO/c1-3-7-4-5-8(9-7)6(2)10/h3,7-9H,1,4-5H2,2H3/t7-,8-/m0/s1. The summed E-state index contributed by atoms with van der Waals surface area (Å²) in [5.74, 6) is 0.240. The molecule has 0 aromatic carbocycles. The van der Waals surface area contributed by atoms with E-state index in [0.29, 0.717) is 6.04 Å². The number of ketones is 1. The van der Waals surface area contributed by atoms with Crippen molar-refractivity contribution in [3.63, 3.8) is 0 Å². The van der Waals surface area contributed by atoms with Crippen molar-refractivity contribution in [2.75, 3.05) is 0 Å². The zero-order valence-corrected chi connectivity index (χ0v) is 6.26. The van der Waals surface area contributed by atoms with Gasteiger partial charge in [0.05, 0.1) is 6.04 Å². The van der Waals surface area contributed by atoms with Crippen LogP contribution in [0, 0.1) is 0 Å². The summed E-state index contributed by atoms with van der Waals surface area (Å²) >= 11 is 0. The van der Waals surface area contributed by atoms with Crippen molar-refractivity contribution < 1.29 is 4.79 Å². The van der Waals surface area contributed by atoms with Gasteiger partial charge in [-0.25, -0.2) is 0 Å². The van der Waals surface area contributed by atoms with Crippen LogP contribution < -0.4 is 5.32 Å². The van der Waals surface area contributed by atoms with E-state index in [1.807, 2.05) is 6.08 Å². The molecule has 1 N–H and O–H groups in total. The van der Waals surface area contributed by atoms with E-state index in [9.17, 15) is 4.79 Å². The highest BCUT2D eigenvalue weighted by atomic mass is 16.1. The molecule has 2 heteroatoms. The number of hydrogen-bond donors (Lipinski definition) is 1. The molecule has 2 nitrogen and oxygen atoms in total. The third-order valence-corrected chi connectivity index (χ3v) is 1.96. The van der Waals surface area contributed by atoms with E-state index in [1.165, 1.54) is 0 Å². The minimum atomic E-state index is 0.0861. The lowest BCUT2D eigenvalue weighted by molar-refractivity contribution is -0.118. The third kappa shape index (κ3) is 1.45. The minimum Gasteiger partial charge on any atom is -0.301 e. The molecule has 0 aliphatic carbocycles. The molecule has 0 radical (unpaired) electrons. The first-order valence-electron chi connectivity index (χ1n) is 3.63. The number of carbonyl (C=O) groups excluding carboxylic acids is 1. The lowest BCUT2D eigenvalue weighted by atomic mass is 10.1. The van der Waals surface area contributed by atoms with Gasteiger partial charge in [-0.3, -0.25) is 4.79 Å². The SMILES string of the molecule is C=C[C@H]1CC[C@@H](C(C)=O)N1. The Morgan fingerprint density at radius 3 is 2.70 bits per heavy atom. The number of nitrogens with one attached hydrogen (secondary N) is 1. The van der Waals surface area contributed by atoms with Gasteiger partial charge in [-0.15, -0.1) is 6.58 Å². The van der Waals surface area contributed by atoms with Crippen LogP contribution >= 0.6 is 0 Å². The Morgan fingerprint density at radius 2 is 2.40 bits per heavy atom. The van der Waals surface area contributed by atoms with Gasteiger partial charge in [-0.05, 0) is 19.8 Å². The predicted molar refractivity (Wildman–Crippen MR) is 40.8 cm³/mol. The first-order chi connectivity index (χ1) is 4.74. The second-order valence-corrected chi connectivity index (χ2v) is 2.75. The first-order valence-corrected chi connectivity index (χ1v) is 3.63. The molecule has 1 rings (SSSR count). The highest BCUT2D eigenvalue weighted by molar-refractivity contribution is 5.81. The number of rotatable bonds is 2. The van der Waals surface area contributed by atoms with Crippen molar-refractivity contribution in [3.8, 4) is 0 Å². The molecule has 1 aliphatic heterocycles. The van der Waals surface area contributed by atoms with Gasteiger partial charge in [-0.1, -0.05) is 6.08 Å². The summed E-state index contributed by atoms with van der Waals surface area (Å²) in [5.41, 5.74) is 0. The largest absolute Gasteiger partial charge is 0.301 e. The van der Waals surface area contributed by atoms with Gasteiger partial charge in [0.2, 0.25) is 0 Å². The normalized spacial score (nSPS) is 32.1. The minimum absolute atomic E-state index is 0.0861. The summed E-state index contributed by atoms with van der Waals surface area (Å²) in [5, 5.41) is 3.17. The van der Waals surface area contributed by atoms with E-state index in [1.54, 1.807) is 6.92 Å². The highest BCUT2D eigenvalue weighted by Crippen LogP contribution is 2.12. The third-order valence-electron chi connectivity index (χ3n) is 1.96. The topological polar surface area (TPSA) is 29.1 Å². The van der Waals surface area contributed by atoms with Crippen molar-refractivity contribution in [1.29, 1.82) is 0 Å². The van der Waals surface area contributed by atoms with Crippen molar-refractivity contribution >= 4 is 5.78 Å². The summed E-state index contributed by atoms with van der Waals surface area (Å²) in [7, 11) is 0. The molecule has 0 unspecified atom stereocenters. The lowest BCUT2D eigenvalue weighted by Crippen LogP contribution is -2.32. The van der Waals surface area contributed by atoms with E-state index >= 15 is 0 Å². The average Bonchev–Trinajstić information content (AvgIpc) is 2.34. The Bertz CT molecular complexity index is 153. The van der Waals surface area contributed by atoms with Gasteiger partial charge in [0.25, 0.3) is 0 Å². The maximum absolute atomic E-state index is 10.8. The van der Waals surface area contributed by atoms with Crippen LogP contribution in [0.5, 0.6) is 0 Å². The lowest BCUT2D eigenvalue weighted by Gasteiger charge is -2.06. The van der Waals surface area contributed by atoms with E-state index in [0.717, 1.165) is 12.8 Å². The molecule has 1 fully saturated rings. The van der Waals surface area contributed by atoms with E-state index in [-0.39, 0.29) is 11.8 Å². The molecule has 1 heterocycles. The highest BCUT2D eigenvalue weighted by Gasteiger charge is 2.23. The molecule has 0 spiro atoms. The summed E-state index contributed by atoms with van der Waals surface area (Å²) in [6.45, 7) is 5.29. The smallest absolute Gasteiger partial charge is 0.146 e. The Kier molecular flexibility index (Phi) is 2.22. The number of carbonyl (C=O) groups is 1. The molecule has 1 aliphatic rings. The molecule has 10 heavy (non-hydrogen) atoms. The van der Waals surface area contributed by atoms with Crippen LogP contribution in [0.1, 0.15) is 19.8 Å². The quantitative estimate of drug-likeness (QED) is 0.575. The Labute approximate surface area is 61.3 Å². The van der Waals surface area contributed by atoms with Crippen molar-refractivity contribution in [2.24, 2.45) is 0 Å². The van der Waals surface area contributed by atoms with Crippen LogP contribution in [-0.2, 0) is 4.79 Å². The Morgan fingerprint density at radius 1 is 1.70 bits per heavy atom. The molecule has 0 aromatic heterocycles. The molecule has 1 saturated heterocycles. The second kappa shape index (κ2) is 2.97. The van der Waals surface area contributed by atoms with Crippen molar-refractivity contribution in [1.82, 2.24) is 5.32 Å². The van der Waals surface area contributed by atoms with Crippen LogP contribution in [0.4, 0.5) is 0 Å². The van der Waals surface area contributed by atoms with E-state index in [4.69, 9.17) is 0 Å². The number of Topliss-reactive ketones (excluding diaryl/α,β-unsaturated/α-hetero) is 1. The summed E-state index contributed by atoms with van der Waals surface area (Å²) in [6.07, 6.45) is 3.88. The van der Waals surface area contributed by atoms with Crippen LogP contribution in [-0.4, -0.2) is 17.9 Å². The van der Waals surface area contributed by atoms with Crippen LogP contribution in [0.15, 0.2) is 12.7 Å². The van der Waals surface area contributed by atoms with Gasteiger partial charge in [0.1, 0.15) is 5.78 Å². The van der Waals surface area contributed by atoms with E-state index < -0.39 is 0 Å². The molecular formula is C8H13NO. The van der Waals surface area contributed by atoms with Crippen molar-refractivity contribution in [3.05, 3.63) is 12.7 Å².